The number of hydrogen-bond donors (Lipinski definition) is 1. The van der Waals surface area contributed by atoms with E-state index >= 15 is 0 Å². The van der Waals surface area contributed by atoms with Crippen molar-refractivity contribution < 1.29 is 28.2 Å². The first-order valence-electron chi connectivity index (χ1n) is 8.02. The maximum absolute atomic E-state index is 12.4. The molecule has 0 spiro atoms. The van der Waals surface area contributed by atoms with Gasteiger partial charge in [-0.3, -0.25) is 9.69 Å². The van der Waals surface area contributed by atoms with E-state index in [1.807, 2.05) is 0 Å². The molecule has 1 aromatic carbocycles. The summed E-state index contributed by atoms with van der Waals surface area (Å²) in [7, 11) is 1.40. The van der Waals surface area contributed by atoms with Crippen LogP contribution in [-0.2, 0) is 11.3 Å². The van der Waals surface area contributed by atoms with Gasteiger partial charge < -0.3 is 14.6 Å². The van der Waals surface area contributed by atoms with Crippen LogP contribution in [0, 0.1) is 11.3 Å². The second kappa shape index (κ2) is 6.55. The SMILES string of the molecule is COc1cc(CN2C[C@@H]3CCC[C@@]3(C(=O)O)C2)ccc1OC(F)F. The van der Waals surface area contributed by atoms with Gasteiger partial charge in [0.05, 0.1) is 12.5 Å². The van der Waals surface area contributed by atoms with Gasteiger partial charge in [0.1, 0.15) is 0 Å². The minimum Gasteiger partial charge on any atom is -0.493 e. The standard InChI is InChI=1S/C17H21F2NO4/c1-23-14-7-11(4-5-13(14)24-16(18)19)8-20-9-12-3-2-6-17(12,10-20)15(21)22/h4-5,7,12,16H,2-3,6,8-10H2,1H3,(H,21,22)/t12-,17+/m0/s1. The molecule has 0 amide bonds. The number of likely N-dealkylation sites (tertiary alicyclic amines) is 1. The maximum atomic E-state index is 12.4. The summed E-state index contributed by atoms with van der Waals surface area (Å²) in [5.74, 6) is -0.263. The van der Waals surface area contributed by atoms with Gasteiger partial charge in [0, 0.05) is 19.6 Å². The number of ether oxygens (including phenoxy) is 2. The van der Waals surface area contributed by atoms with E-state index in [0.717, 1.165) is 31.4 Å². The third kappa shape index (κ3) is 3.05. The Morgan fingerprint density at radius 1 is 1.46 bits per heavy atom. The maximum Gasteiger partial charge on any atom is 0.387 e. The first-order valence-corrected chi connectivity index (χ1v) is 8.02. The topological polar surface area (TPSA) is 59.0 Å². The number of fused-ring (bicyclic) bond motifs is 1. The fourth-order valence-corrected chi connectivity index (χ4v) is 4.13. The molecule has 1 aliphatic heterocycles. The Morgan fingerprint density at radius 3 is 2.88 bits per heavy atom. The van der Waals surface area contributed by atoms with Crippen LogP contribution in [0.4, 0.5) is 8.78 Å². The molecule has 0 radical (unpaired) electrons. The molecule has 5 nitrogen and oxygen atoms in total. The minimum atomic E-state index is -2.90. The molecule has 2 fully saturated rings. The monoisotopic (exact) mass is 341 g/mol. The number of halogens is 2. The molecule has 1 aliphatic carbocycles. The van der Waals surface area contributed by atoms with Gasteiger partial charge in [0.2, 0.25) is 0 Å². The van der Waals surface area contributed by atoms with Crippen LogP contribution < -0.4 is 9.47 Å². The fourth-order valence-electron chi connectivity index (χ4n) is 4.13. The van der Waals surface area contributed by atoms with Gasteiger partial charge in [0.25, 0.3) is 0 Å². The highest BCUT2D eigenvalue weighted by Gasteiger charge is 2.54. The van der Waals surface area contributed by atoms with Gasteiger partial charge in [-0.05, 0) is 36.5 Å². The molecule has 0 bridgehead atoms. The van der Waals surface area contributed by atoms with E-state index in [2.05, 4.69) is 9.64 Å². The van der Waals surface area contributed by atoms with Crippen molar-refractivity contribution in [2.45, 2.75) is 32.4 Å². The zero-order valence-electron chi connectivity index (χ0n) is 13.5. The molecular formula is C17H21F2NO4. The van der Waals surface area contributed by atoms with Gasteiger partial charge in [-0.1, -0.05) is 12.5 Å². The number of benzene rings is 1. The van der Waals surface area contributed by atoms with Crippen molar-refractivity contribution in [1.82, 2.24) is 4.90 Å². The molecule has 1 saturated heterocycles. The van der Waals surface area contributed by atoms with E-state index in [1.54, 1.807) is 12.1 Å². The third-order valence-corrected chi connectivity index (χ3v) is 5.22. The van der Waals surface area contributed by atoms with Gasteiger partial charge in [-0.15, -0.1) is 0 Å². The molecule has 1 N–H and O–H groups in total. The summed E-state index contributed by atoms with van der Waals surface area (Å²) >= 11 is 0. The van der Waals surface area contributed by atoms with Gasteiger partial charge >= 0.3 is 12.6 Å². The van der Waals surface area contributed by atoms with Gasteiger partial charge in [0.15, 0.2) is 11.5 Å². The van der Waals surface area contributed by atoms with Crippen LogP contribution in [0.15, 0.2) is 18.2 Å². The molecule has 0 unspecified atom stereocenters. The van der Waals surface area contributed by atoms with E-state index in [1.165, 1.54) is 13.2 Å². The third-order valence-electron chi connectivity index (χ3n) is 5.22. The zero-order chi connectivity index (χ0) is 17.3. The first kappa shape index (κ1) is 17.0. The Hall–Kier alpha value is -1.89. The van der Waals surface area contributed by atoms with Crippen LogP contribution in [0.2, 0.25) is 0 Å². The Labute approximate surface area is 139 Å². The second-order valence-electron chi connectivity index (χ2n) is 6.58. The molecule has 1 heterocycles. The van der Waals surface area contributed by atoms with Crippen molar-refractivity contribution in [1.29, 1.82) is 0 Å². The summed E-state index contributed by atoms with van der Waals surface area (Å²) in [6, 6.07) is 4.84. The van der Waals surface area contributed by atoms with Gasteiger partial charge in [-0.25, -0.2) is 0 Å². The number of rotatable bonds is 6. The minimum absolute atomic E-state index is 0.00320. The Morgan fingerprint density at radius 2 is 2.25 bits per heavy atom. The second-order valence-corrected chi connectivity index (χ2v) is 6.58. The van der Waals surface area contributed by atoms with Crippen molar-refractivity contribution in [3.8, 4) is 11.5 Å². The highest BCUT2D eigenvalue weighted by molar-refractivity contribution is 5.76. The lowest BCUT2D eigenvalue weighted by Crippen LogP contribution is -2.35. The summed E-state index contributed by atoms with van der Waals surface area (Å²) in [6.07, 6.45) is 2.65. The summed E-state index contributed by atoms with van der Waals surface area (Å²) in [4.78, 5) is 13.8. The lowest BCUT2D eigenvalue weighted by atomic mass is 9.81. The number of carboxylic acids is 1. The first-order chi connectivity index (χ1) is 11.4. The number of hydrogen-bond acceptors (Lipinski definition) is 4. The largest absolute Gasteiger partial charge is 0.493 e. The van der Waals surface area contributed by atoms with Crippen molar-refractivity contribution in [2.24, 2.45) is 11.3 Å². The summed E-state index contributed by atoms with van der Waals surface area (Å²) in [6.45, 7) is -1.05. The van der Waals surface area contributed by atoms with E-state index in [0.29, 0.717) is 13.1 Å². The van der Waals surface area contributed by atoms with Crippen molar-refractivity contribution in [2.75, 3.05) is 20.2 Å². The smallest absolute Gasteiger partial charge is 0.387 e. The molecule has 2 atom stereocenters. The van der Waals surface area contributed by atoms with Crippen LogP contribution >= 0.6 is 0 Å². The summed E-state index contributed by atoms with van der Waals surface area (Å²) in [5, 5.41) is 9.63. The fraction of sp³-hybridized carbons (Fsp3) is 0.588. The van der Waals surface area contributed by atoms with Crippen molar-refractivity contribution in [3.63, 3.8) is 0 Å². The van der Waals surface area contributed by atoms with E-state index < -0.39 is 18.0 Å². The molecule has 24 heavy (non-hydrogen) atoms. The molecule has 1 aromatic rings. The van der Waals surface area contributed by atoms with E-state index in [9.17, 15) is 18.7 Å². The average Bonchev–Trinajstić information content (AvgIpc) is 3.06. The molecule has 0 aromatic heterocycles. The number of alkyl halides is 2. The molecule has 1 saturated carbocycles. The quantitative estimate of drug-likeness (QED) is 0.862. The highest BCUT2D eigenvalue weighted by atomic mass is 19.3. The number of aliphatic carboxylic acids is 1. The van der Waals surface area contributed by atoms with Crippen LogP contribution in [0.5, 0.6) is 11.5 Å². The summed E-state index contributed by atoms with van der Waals surface area (Å²) < 4.78 is 34.3. The molecule has 2 aliphatic rings. The lowest BCUT2D eigenvalue weighted by Gasteiger charge is -2.23. The normalized spacial score (nSPS) is 26.6. The zero-order valence-corrected chi connectivity index (χ0v) is 13.5. The average molecular weight is 341 g/mol. The summed E-state index contributed by atoms with van der Waals surface area (Å²) in [5.41, 5.74) is 0.261. The number of methoxy groups -OCH3 is 1. The van der Waals surface area contributed by atoms with E-state index in [-0.39, 0.29) is 17.4 Å². The Bertz CT molecular complexity index is 625. The van der Waals surface area contributed by atoms with Crippen LogP contribution in [0.25, 0.3) is 0 Å². The molecular weight excluding hydrogens is 320 g/mol. The predicted molar refractivity (Wildman–Crippen MR) is 82.3 cm³/mol. The molecule has 3 rings (SSSR count). The lowest BCUT2D eigenvalue weighted by molar-refractivity contribution is -0.149. The number of carboxylic acid groups (broad SMARTS) is 1. The molecule has 132 valence electrons. The van der Waals surface area contributed by atoms with Crippen molar-refractivity contribution in [3.05, 3.63) is 23.8 Å². The van der Waals surface area contributed by atoms with Crippen molar-refractivity contribution >= 4 is 5.97 Å². The van der Waals surface area contributed by atoms with Gasteiger partial charge in [-0.2, -0.15) is 8.78 Å². The van der Waals surface area contributed by atoms with Crippen LogP contribution in [0.3, 0.4) is 0 Å². The van der Waals surface area contributed by atoms with Crippen LogP contribution in [0.1, 0.15) is 24.8 Å². The number of nitrogens with zero attached hydrogens (tertiary/aromatic N) is 1. The Balaban J connectivity index is 1.72. The number of carbonyl (C=O) groups is 1. The predicted octanol–water partition coefficient (Wildman–Crippen LogP) is 2.98. The Kier molecular flexibility index (Phi) is 4.62. The van der Waals surface area contributed by atoms with Crippen LogP contribution in [-0.4, -0.2) is 42.8 Å². The highest BCUT2D eigenvalue weighted by Crippen LogP contribution is 2.49. The molecule has 7 heteroatoms. The van der Waals surface area contributed by atoms with E-state index in [4.69, 9.17) is 4.74 Å².